The van der Waals surface area contributed by atoms with Crippen LogP contribution in [0.2, 0.25) is 0 Å². The van der Waals surface area contributed by atoms with Crippen LogP contribution in [0.3, 0.4) is 0 Å². The van der Waals surface area contributed by atoms with Gasteiger partial charge in [0.1, 0.15) is 5.65 Å². The van der Waals surface area contributed by atoms with Gasteiger partial charge in [0.2, 0.25) is 0 Å². The number of fused-ring (bicyclic) bond motifs is 1. The predicted molar refractivity (Wildman–Crippen MR) is 90.8 cm³/mol. The van der Waals surface area contributed by atoms with E-state index in [-0.39, 0.29) is 0 Å². The van der Waals surface area contributed by atoms with Crippen LogP contribution in [0.1, 0.15) is 5.56 Å². The van der Waals surface area contributed by atoms with Crippen LogP contribution in [0.5, 0.6) is 0 Å². The van der Waals surface area contributed by atoms with E-state index in [4.69, 9.17) is 10.2 Å². The fourth-order valence-electron chi connectivity index (χ4n) is 2.78. The zero-order valence-electron chi connectivity index (χ0n) is 12.3. The molecule has 0 saturated heterocycles. The molecule has 0 amide bonds. The quantitative estimate of drug-likeness (QED) is 0.544. The van der Waals surface area contributed by atoms with Crippen molar-refractivity contribution >= 4 is 5.65 Å². The minimum absolute atomic E-state index is 0.613. The lowest BCUT2D eigenvalue weighted by Crippen LogP contribution is -1.90. The van der Waals surface area contributed by atoms with Gasteiger partial charge in [0, 0.05) is 17.3 Å². The van der Waals surface area contributed by atoms with Gasteiger partial charge in [-0.25, -0.2) is 4.98 Å². The van der Waals surface area contributed by atoms with E-state index >= 15 is 0 Å². The predicted octanol–water partition coefficient (Wildman–Crippen LogP) is 4.54. The third kappa shape index (κ3) is 2.27. The van der Waals surface area contributed by atoms with E-state index < -0.39 is 0 Å². The molecule has 2 heterocycles. The molecule has 4 aromatic rings. The molecule has 3 heteroatoms. The molecule has 2 aromatic carbocycles. The number of rotatable bonds is 2. The summed E-state index contributed by atoms with van der Waals surface area (Å²) in [7, 11) is 0. The number of aromatic nitrogens is 2. The van der Waals surface area contributed by atoms with Gasteiger partial charge in [-0.1, -0.05) is 60.7 Å². The summed E-state index contributed by atoms with van der Waals surface area (Å²) >= 11 is 0. The summed E-state index contributed by atoms with van der Waals surface area (Å²) < 4.78 is 2.04. The van der Waals surface area contributed by atoms with E-state index in [9.17, 15) is 0 Å². The average Bonchev–Trinajstić information content (AvgIpc) is 3.01. The molecule has 0 atom stereocenters. The second-order valence-electron chi connectivity index (χ2n) is 5.30. The first-order valence-electron chi connectivity index (χ1n) is 7.40. The van der Waals surface area contributed by atoms with E-state index in [0.717, 1.165) is 28.2 Å². The van der Waals surface area contributed by atoms with E-state index in [2.05, 4.69) is 30.3 Å². The number of nitrogens with zero attached hydrogens (tertiary/aromatic N) is 3. The largest absolute Gasteiger partial charge is 0.299 e. The van der Waals surface area contributed by atoms with Crippen LogP contribution >= 0.6 is 0 Å². The summed E-state index contributed by atoms with van der Waals surface area (Å²) in [5.74, 6) is 0. The molecule has 0 N–H and O–H groups in total. The van der Waals surface area contributed by atoms with Gasteiger partial charge in [0.05, 0.1) is 23.0 Å². The highest BCUT2D eigenvalue weighted by atomic mass is 15.0. The zero-order chi connectivity index (χ0) is 15.6. The summed E-state index contributed by atoms with van der Waals surface area (Å²) in [4.78, 5) is 4.78. The SMILES string of the molecule is N#Cc1ccn2c(-c3ccccc3)c(-c3ccccc3)nc2c1. The number of pyridine rings is 1. The molecule has 0 bridgehead atoms. The molecular weight excluding hydrogens is 282 g/mol. The van der Waals surface area contributed by atoms with E-state index in [1.54, 1.807) is 0 Å². The highest BCUT2D eigenvalue weighted by Crippen LogP contribution is 2.32. The Morgan fingerprint density at radius 1 is 0.826 bits per heavy atom. The Kier molecular flexibility index (Phi) is 3.14. The standard InChI is InChI=1S/C20H13N3/c21-14-15-11-12-23-18(13-15)22-19(16-7-3-1-4-8-16)20(23)17-9-5-2-6-10-17/h1-13H. The van der Waals surface area contributed by atoms with Gasteiger partial charge in [-0.05, 0) is 12.1 Å². The van der Waals surface area contributed by atoms with Crippen LogP contribution in [0.4, 0.5) is 0 Å². The summed E-state index contributed by atoms with van der Waals surface area (Å²) in [6.07, 6.45) is 1.91. The first-order chi connectivity index (χ1) is 11.4. The fourth-order valence-corrected chi connectivity index (χ4v) is 2.78. The second kappa shape index (κ2) is 5.43. The molecule has 0 saturated carbocycles. The Hall–Kier alpha value is -3.38. The van der Waals surface area contributed by atoms with Crippen molar-refractivity contribution in [2.75, 3.05) is 0 Å². The third-order valence-electron chi connectivity index (χ3n) is 3.85. The summed E-state index contributed by atoms with van der Waals surface area (Å²) in [5.41, 5.74) is 5.52. The maximum absolute atomic E-state index is 9.12. The first kappa shape index (κ1) is 13.3. The van der Waals surface area contributed by atoms with Crippen LogP contribution in [0.25, 0.3) is 28.2 Å². The number of hydrogen-bond donors (Lipinski definition) is 0. The lowest BCUT2D eigenvalue weighted by atomic mass is 10.1. The maximum atomic E-state index is 9.12. The molecule has 0 spiro atoms. The van der Waals surface area contributed by atoms with Crippen LogP contribution in [0, 0.1) is 11.3 Å². The lowest BCUT2D eigenvalue weighted by Gasteiger charge is -2.05. The first-order valence-corrected chi connectivity index (χ1v) is 7.40. The van der Waals surface area contributed by atoms with Gasteiger partial charge in [-0.3, -0.25) is 4.40 Å². The van der Waals surface area contributed by atoms with Crippen molar-refractivity contribution in [1.82, 2.24) is 9.38 Å². The van der Waals surface area contributed by atoms with Crippen LogP contribution in [0.15, 0.2) is 79.0 Å². The Balaban J connectivity index is 2.07. The summed E-state index contributed by atoms with van der Waals surface area (Å²) in [6.45, 7) is 0. The highest BCUT2D eigenvalue weighted by molar-refractivity contribution is 5.82. The van der Waals surface area contributed by atoms with Gasteiger partial charge in [-0.2, -0.15) is 5.26 Å². The molecule has 2 aromatic heterocycles. The number of nitriles is 1. The van der Waals surface area contributed by atoms with Gasteiger partial charge < -0.3 is 0 Å². The lowest BCUT2D eigenvalue weighted by molar-refractivity contribution is 1.18. The smallest absolute Gasteiger partial charge is 0.139 e. The molecule has 23 heavy (non-hydrogen) atoms. The highest BCUT2D eigenvalue weighted by Gasteiger charge is 2.15. The third-order valence-corrected chi connectivity index (χ3v) is 3.85. The van der Waals surface area contributed by atoms with Crippen molar-refractivity contribution in [3.8, 4) is 28.6 Å². The van der Waals surface area contributed by atoms with Crippen LogP contribution in [-0.4, -0.2) is 9.38 Å². The summed E-state index contributed by atoms with van der Waals surface area (Å²) in [6, 6.07) is 26.1. The van der Waals surface area contributed by atoms with E-state index in [0.29, 0.717) is 5.56 Å². The number of hydrogen-bond acceptors (Lipinski definition) is 2. The zero-order valence-corrected chi connectivity index (χ0v) is 12.3. The molecule has 0 radical (unpaired) electrons. The maximum Gasteiger partial charge on any atom is 0.139 e. The van der Waals surface area contributed by atoms with Crippen molar-refractivity contribution in [2.24, 2.45) is 0 Å². The molecule has 0 aliphatic carbocycles. The normalized spacial score (nSPS) is 10.6. The number of benzene rings is 2. The van der Waals surface area contributed by atoms with Crippen molar-refractivity contribution in [3.63, 3.8) is 0 Å². The molecule has 0 aliphatic heterocycles. The van der Waals surface area contributed by atoms with Crippen molar-refractivity contribution < 1.29 is 0 Å². The molecule has 0 fully saturated rings. The van der Waals surface area contributed by atoms with E-state index in [1.165, 1.54) is 0 Å². The van der Waals surface area contributed by atoms with Gasteiger partial charge >= 0.3 is 0 Å². The van der Waals surface area contributed by atoms with Gasteiger partial charge in [-0.15, -0.1) is 0 Å². The molecular formula is C20H13N3. The minimum Gasteiger partial charge on any atom is -0.299 e. The van der Waals surface area contributed by atoms with Crippen molar-refractivity contribution in [2.45, 2.75) is 0 Å². The molecule has 0 aliphatic rings. The molecule has 4 rings (SSSR count). The second-order valence-corrected chi connectivity index (χ2v) is 5.30. The monoisotopic (exact) mass is 295 g/mol. The van der Waals surface area contributed by atoms with E-state index in [1.807, 2.05) is 59.1 Å². The van der Waals surface area contributed by atoms with Gasteiger partial charge in [0.25, 0.3) is 0 Å². The summed E-state index contributed by atoms with van der Waals surface area (Å²) in [5, 5.41) is 9.12. The Morgan fingerprint density at radius 2 is 1.48 bits per heavy atom. The molecule has 0 unspecified atom stereocenters. The molecule has 3 nitrogen and oxygen atoms in total. The Morgan fingerprint density at radius 3 is 2.13 bits per heavy atom. The van der Waals surface area contributed by atoms with Crippen molar-refractivity contribution in [1.29, 1.82) is 5.26 Å². The average molecular weight is 295 g/mol. The Labute approximate surface area is 134 Å². The number of imidazole rings is 1. The van der Waals surface area contributed by atoms with Crippen LogP contribution in [-0.2, 0) is 0 Å². The van der Waals surface area contributed by atoms with Crippen molar-refractivity contribution in [3.05, 3.63) is 84.6 Å². The topological polar surface area (TPSA) is 41.1 Å². The molecule has 108 valence electrons. The fraction of sp³-hybridized carbons (Fsp3) is 0. The van der Waals surface area contributed by atoms with Crippen LogP contribution < -0.4 is 0 Å². The van der Waals surface area contributed by atoms with Gasteiger partial charge in [0.15, 0.2) is 0 Å². The Bertz CT molecular complexity index is 1010. The minimum atomic E-state index is 0.613.